The highest BCUT2D eigenvalue weighted by atomic mass is 32.2. The first kappa shape index (κ1) is 14.0. The number of carbonyl (C=O) groups is 1. The maximum atomic E-state index is 12.3. The summed E-state index contributed by atoms with van der Waals surface area (Å²) in [6, 6.07) is 8.09. The third-order valence-corrected chi connectivity index (χ3v) is 5.84. The average molecular weight is 290 g/mol. The van der Waals surface area contributed by atoms with Crippen LogP contribution in [-0.2, 0) is 4.79 Å². The molecule has 1 amide bonds. The van der Waals surface area contributed by atoms with Gasteiger partial charge in [-0.3, -0.25) is 4.79 Å². The first-order valence-electron chi connectivity index (χ1n) is 7.53. The Morgan fingerprint density at radius 3 is 2.55 bits per heavy atom. The molecule has 2 saturated carbocycles. The van der Waals surface area contributed by atoms with Crippen molar-refractivity contribution in [2.45, 2.75) is 60.6 Å². The fourth-order valence-corrected chi connectivity index (χ4v) is 4.22. The highest BCUT2D eigenvalue weighted by molar-refractivity contribution is 8.00. The van der Waals surface area contributed by atoms with Crippen molar-refractivity contribution in [3.63, 3.8) is 0 Å². The number of anilines is 1. The molecule has 2 fully saturated rings. The van der Waals surface area contributed by atoms with Crippen LogP contribution in [0.3, 0.4) is 0 Å². The number of hydrogen-bond acceptors (Lipinski definition) is 3. The fraction of sp³-hybridized carbons (Fsp3) is 0.562. The van der Waals surface area contributed by atoms with Gasteiger partial charge >= 0.3 is 0 Å². The van der Waals surface area contributed by atoms with Gasteiger partial charge in [-0.2, -0.15) is 0 Å². The zero-order valence-corrected chi connectivity index (χ0v) is 12.5. The van der Waals surface area contributed by atoms with E-state index in [0.717, 1.165) is 24.9 Å². The predicted molar refractivity (Wildman–Crippen MR) is 84.0 cm³/mol. The van der Waals surface area contributed by atoms with Crippen LogP contribution < -0.4 is 11.1 Å². The summed E-state index contributed by atoms with van der Waals surface area (Å²) in [6.45, 7) is 0. The molecule has 3 rings (SSSR count). The van der Waals surface area contributed by atoms with Crippen molar-refractivity contribution in [3.05, 3.63) is 24.3 Å². The molecule has 0 aromatic heterocycles. The Balaban J connectivity index is 1.70. The van der Waals surface area contributed by atoms with E-state index in [2.05, 4.69) is 11.4 Å². The van der Waals surface area contributed by atoms with Crippen molar-refractivity contribution in [2.24, 2.45) is 5.73 Å². The van der Waals surface area contributed by atoms with Gasteiger partial charge in [-0.1, -0.05) is 25.0 Å². The molecule has 0 bridgehead atoms. The van der Waals surface area contributed by atoms with Crippen LogP contribution in [0.5, 0.6) is 0 Å². The molecule has 0 radical (unpaired) electrons. The minimum Gasteiger partial charge on any atom is -0.323 e. The predicted octanol–water partition coefficient (Wildman–Crippen LogP) is 3.54. The minimum absolute atomic E-state index is 0.0248. The number of benzene rings is 1. The summed E-state index contributed by atoms with van der Waals surface area (Å²) in [6.07, 6.45) is 7.90. The lowest BCUT2D eigenvalue weighted by Gasteiger charge is -2.36. The topological polar surface area (TPSA) is 55.1 Å². The van der Waals surface area contributed by atoms with Gasteiger partial charge in [-0.25, -0.2) is 0 Å². The third kappa shape index (κ3) is 2.86. The zero-order chi connectivity index (χ0) is 14.0. The van der Waals surface area contributed by atoms with Gasteiger partial charge in [0.05, 0.1) is 11.2 Å². The van der Waals surface area contributed by atoms with E-state index < -0.39 is 5.54 Å². The second kappa shape index (κ2) is 5.78. The quantitative estimate of drug-likeness (QED) is 0.891. The molecule has 0 atom stereocenters. The third-order valence-electron chi connectivity index (χ3n) is 4.43. The zero-order valence-electron chi connectivity index (χ0n) is 11.7. The van der Waals surface area contributed by atoms with Gasteiger partial charge in [0.1, 0.15) is 0 Å². The van der Waals surface area contributed by atoms with Crippen molar-refractivity contribution in [2.75, 3.05) is 5.32 Å². The second-order valence-corrected chi connectivity index (χ2v) is 7.33. The van der Waals surface area contributed by atoms with Gasteiger partial charge in [0.15, 0.2) is 0 Å². The summed E-state index contributed by atoms with van der Waals surface area (Å²) in [5.41, 5.74) is 6.38. The standard InChI is InChI=1S/C16H22N2OS/c17-16(10-5-11-16)15(19)18-13-8-3-4-9-14(13)20-12-6-1-2-7-12/h3-4,8-9,12H,1-2,5-7,10-11,17H2,(H,18,19). The molecule has 4 heteroatoms. The summed E-state index contributed by atoms with van der Waals surface area (Å²) >= 11 is 1.90. The van der Waals surface area contributed by atoms with Crippen LogP contribution in [-0.4, -0.2) is 16.7 Å². The molecule has 2 aliphatic rings. The van der Waals surface area contributed by atoms with Gasteiger partial charge in [-0.05, 0) is 44.2 Å². The van der Waals surface area contributed by atoms with Gasteiger partial charge in [0, 0.05) is 10.1 Å². The van der Waals surface area contributed by atoms with E-state index in [1.807, 2.05) is 30.0 Å². The first-order chi connectivity index (χ1) is 9.67. The molecule has 1 aromatic rings. The Hall–Kier alpha value is -1.00. The van der Waals surface area contributed by atoms with E-state index in [-0.39, 0.29) is 5.91 Å². The van der Waals surface area contributed by atoms with E-state index in [0.29, 0.717) is 5.25 Å². The number of hydrogen-bond donors (Lipinski definition) is 2. The lowest BCUT2D eigenvalue weighted by Crippen LogP contribution is -2.56. The maximum absolute atomic E-state index is 12.3. The van der Waals surface area contributed by atoms with Crippen molar-refractivity contribution >= 4 is 23.4 Å². The van der Waals surface area contributed by atoms with Crippen LogP contribution in [0.2, 0.25) is 0 Å². The molecular weight excluding hydrogens is 268 g/mol. The smallest absolute Gasteiger partial charge is 0.244 e. The van der Waals surface area contributed by atoms with Gasteiger partial charge in [0.25, 0.3) is 0 Å². The molecule has 0 saturated heterocycles. The number of nitrogens with two attached hydrogens (primary N) is 1. The molecule has 0 spiro atoms. The molecule has 0 unspecified atom stereocenters. The normalized spacial score (nSPS) is 21.4. The number of para-hydroxylation sites is 1. The van der Waals surface area contributed by atoms with Crippen LogP contribution in [0.15, 0.2) is 29.2 Å². The van der Waals surface area contributed by atoms with E-state index in [1.54, 1.807) is 0 Å². The molecular formula is C16H22N2OS. The lowest BCUT2D eigenvalue weighted by atomic mass is 9.77. The molecule has 3 nitrogen and oxygen atoms in total. The van der Waals surface area contributed by atoms with Gasteiger partial charge in [-0.15, -0.1) is 11.8 Å². The lowest BCUT2D eigenvalue weighted by molar-refractivity contribution is -0.123. The summed E-state index contributed by atoms with van der Waals surface area (Å²) < 4.78 is 0. The summed E-state index contributed by atoms with van der Waals surface area (Å²) in [5.74, 6) is -0.0248. The Kier molecular flexibility index (Phi) is 4.03. The van der Waals surface area contributed by atoms with Gasteiger partial charge in [0.2, 0.25) is 5.91 Å². The molecule has 0 heterocycles. The van der Waals surface area contributed by atoms with Crippen molar-refractivity contribution in [1.29, 1.82) is 0 Å². The molecule has 3 N–H and O–H groups in total. The maximum Gasteiger partial charge on any atom is 0.244 e. The van der Waals surface area contributed by atoms with E-state index in [1.165, 1.54) is 30.6 Å². The molecule has 108 valence electrons. The largest absolute Gasteiger partial charge is 0.323 e. The monoisotopic (exact) mass is 290 g/mol. The van der Waals surface area contributed by atoms with Gasteiger partial charge < -0.3 is 11.1 Å². The molecule has 20 heavy (non-hydrogen) atoms. The van der Waals surface area contributed by atoms with Crippen molar-refractivity contribution in [3.8, 4) is 0 Å². The first-order valence-corrected chi connectivity index (χ1v) is 8.41. The number of amides is 1. The minimum atomic E-state index is -0.634. The number of carbonyl (C=O) groups excluding carboxylic acids is 1. The SMILES string of the molecule is NC1(C(=O)Nc2ccccc2SC2CCCC2)CCC1. The van der Waals surface area contributed by atoms with Crippen LogP contribution in [0.4, 0.5) is 5.69 Å². The Labute approximate surface area is 124 Å². The molecule has 0 aliphatic heterocycles. The number of nitrogens with one attached hydrogen (secondary N) is 1. The highest BCUT2D eigenvalue weighted by Crippen LogP contribution is 2.38. The molecule has 1 aromatic carbocycles. The number of thioether (sulfide) groups is 1. The summed E-state index contributed by atoms with van der Waals surface area (Å²) in [4.78, 5) is 13.4. The van der Waals surface area contributed by atoms with Crippen molar-refractivity contribution in [1.82, 2.24) is 0 Å². The fourth-order valence-electron chi connectivity index (χ4n) is 2.89. The summed E-state index contributed by atoms with van der Waals surface area (Å²) in [5, 5.41) is 3.74. The van der Waals surface area contributed by atoms with Crippen LogP contribution in [0, 0.1) is 0 Å². The van der Waals surface area contributed by atoms with E-state index in [9.17, 15) is 4.79 Å². The number of rotatable bonds is 4. The second-order valence-electron chi connectivity index (χ2n) is 5.98. The van der Waals surface area contributed by atoms with Crippen LogP contribution in [0.1, 0.15) is 44.9 Å². The Bertz CT molecular complexity index is 493. The Morgan fingerprint density at radius 2 is 1.90 bits per heavy atom. The van der Waals surface area contributed by atoms with Crippen LogP contribution in [0.25, 0.3) is 0 Å². The van der Waals surface area contributed by atoms with Crippen molar-refractivity contribution < 1.29 is 4.79 Å². The Morgan fingerprint density at radius 1 is 1.20 bits per heavy atom. The summed E-state index contributed by atoms with van der Waals surface area (Å²) in [7, 11) is 0. The molecule has 2 aliphatic carbocycles. The van der Waals surface area contributed by atoms with E-state index in [4.69, 9.17) is 5.73 Å². The highest BCUT2D eigenvalue weighted by Gasteiger charge is 2.40. The van der Waals surface area contributed by atoms with E-state index >= 15 is 0 Å². The van der Waals surface area contributed by atoms with Crippen LogP contribution >= 0.6 is 11.8 Å². The average Bonchev–Trinajstić information content (AvgIpc) is 2.91.